The van der Waals surface area contributed by atoms with Crippen molar-refractivity contribution in [1.82, 2.24) is 29.5 Å². The van der Waals surface area contributed by atoms with Crippen molar-refractivity contribution >= 4 is 17.7 Å². The molecule has 3 aromatic heterocycles. The minimum Gasteiger partial charge on any atom is -0.494 e. The van der Waals surface area contributed by atoms with Crippen molar-refractivity contribution in [2.24, 2.45) is 5.92 Å². The summed E-state index contributed by atoms with van der Waals surface area (Å²) < 4.78 is 12.7. The number of nitrogen functional groups attached to an aromatic ring is 1. The minimum absolute atomic E-state index is 0.208. The third kappa shape index (κ3) is 5.89. The Morgan fingerprint density at radius 3 is 2.71 bits per heavy atom. The van der Waals surface area contributed by atoms with Crippen molar-refractivity contribution in [3.05, 3.63) is 48.2 Å². The van der Waals surface area contributed by atoms with Gasteiger partial charge >= 0.3 is 0 Å². The zero-order valence-electron chi connectivity index (χ0n) is 20.1. The van der Waals surface area contributed by atoms with Crippen LogP contribution in [0.2, 0.25) is 0 Å². The summed E-state index contributed by atoms with van der Waals surface area (Å²) in [6.07, 6.45) is 7.39. The molecule has 0 atom stereocenters. The highest BCUT2D eigenvalue weighted by Gasteiger charge is 2.16. The summed E-state index contributed by atoms with van der Waals surface area (Å²) in [6, 6.07) is 11.8. The summed E-state index contributed by atoms with van der Waals surface area (Å²) in [5.41, 5.74) is 7.25. The highest BCUT2D eigenvalue weighted by Crippen LogP contribution is 2.22. The Morgan fingerprint density at radius 1 is 1.11 bits per heavy atom. The van der Waals surface area contributed by atoms with E-state index in [0.717, 1.165) is 31.1 Å². The van der Waals surface area contributed by atoms with Crippen molar-refractivity contribution in [1.29, 1.82) is 0 Å². The molecule has 1 aromatic carbocycles. The van der Waals surface area contributed by atoms with E-state index in [-0.39, 0.29) is 5.95 Å². The third-order valence-corrected chi connectivity index (χ3v) is 6.46. The second-order valence-corrected chi connectivity index (χ2v) is 9.09. The Labute approximate surface area is 204 Å². The van der Waals surface area contributed by atoms with Gasteiger partial charge in [0.1, 0.15) is 5.75 Å². The maximum Gasteiger partial charge on any atom is 0.259 e. The summed E-state index contributed by atoms with van der Waals surface area (Å²) in [6.45, 7) is 3.89. The maximum atomic E-state index is 6.04. The van der Waals surface area contributed by atoms with Gasteiger partial charge in [-0.25, -0.2) is 0 Å². The van der Waals surface area contributed by atoms with Gasteiger partial charge in [-0.3, -0.25) is 0 Å². The number of benzene rings is 1. The lowest BCUT2D eigenvalue weighted by Crippen LogP contribution is -2.30. The van der Waals surface area contributed by atoms with Crippen LogP contribution in [0.25, 0.3) is 17.4 Å². The van der Waals surface area contributed by atoms with E-state index in [9.17, 15) is 0 Å². The van der Waals surface area contributed by atoms with Crippen LogP contribution >= 0.6 is 0 Å². The van der Waals surface area contributed by atoms with Crippen LogP contribution in [-0.2, 0) is 6.42 Å². The molecule has 184 valence electrons. The van der Waals surface area contributed by atoms with E-state index in [4.69, 9.17) is 14.9 Å². The molecule has 0 spiro atoms. The number of anilines is 2. The van der Waals surface area contributed by atoms with Crippen molar-refractivity contribution in [3.63, 3.8) is 0 Å². The van der Waals surface area contributed by atoms with Crippen LogP contribution in [0.5, 0.6) is 5.75 Å². The second-order valence-electron chi connectivity index (χ2n) is 9.09. The van der Waals surface area contributed by atoms with Gasteiger partial charge in [0, 0.05) is 6.54 Å². The van der Waals surface area contributed by atoms with Gasteiger partial charge in [-0.15, -0.1) is 5.10 Å². The number of hydrogen-bond donors (Lipinski definition) is 2. The average molecular weight is 477 g/mol. The molecule has 1 fully saturated rings. The SMILES string of the molecule is CN1CCC(CCCOc2ccc(CCNc3nc(N)n4nc(-c5ccco5)nc4n3)cc2)CC1. The van der Waals surface area contributed by atoms with Gasteiger partial charge in [0.05, 0.1) is 12.9 Å². The molecule has 0 aliphatic carbocycles. The van der Waals surface area contributed by atoms with Gasteiger partial charge < -0.3 is 25.1 Å². The molecule has 4 aromatic rings. The zero-order chi connectivity index (χ0) is 24.0. The molecule has 1 aliphatic heterocycles. The zero-order valence-corrected chi connectivity index (χ0v) is 20.1. The average Bonchev–Trinajstić information content (AvgIpc) is 3.54. The maximum absolute atomic E-state index is 6.04. The number of nitrogens with two attached hydrogens (primary N) is 1. The number of piperidine rings is 1. The fourth-order valence-corrected chi connectivity index (χ4v) is 4.38. The number of aromatic nitrogens is 5. The van der Waals surface area contributed by atoms with E-state index in [1.54, 1.807) is 18.4 Å². The Kier molecular flexibility index (Phi) is 7.08. The molecule has 10 heteroatoms. The molecule has 0 amide bonds. The van der Waals surface area contributed by atoms with E-state index < -0.39 is 0 Å². The fourth-order valence-electron chi connectivity index (χ4n) is 4.38. The molecule has 0 radical (unpaired) electrons. The Hall–Kier alpha value is -3.66. The van der Waals surface area contributed by atoms with E-state index >= 15 is 0 Å². The van der Waals surface area contributed by atoms with Gasteiger partial charge in [0.25, 0.3) is 5.78 Å². The second kappa shape index (κ2) is 10.7. The van der Waals surface area contributed by atoms with Crippen LogP contribution in [-0.4, -0.2) is 62.8 Å². The molecule has 1 saturated heterocycles. The van der Waals surface area contributed by atoms with Gasteiger partial charge in [-0.1, -0.05) is 12.1 Å². The third-order valence-electron chi connectivity index (χ3n) is 6.46. The topological polar surface area (TPSA) is 120 Å². The summed E-state index contributed by atoms with van der Waals surface area (Å²) in [4.78, 5) is 15.5. The van der Waals surface area contributed by atoms with Gasteiger partial charge in [0.15, 0.2) is 5.76 Å². The fraction of sp³-hybridized carbons (Fsp3) is 0.440. The van der Waals surface area contributed by atoms with E-state index in [1.165, 1.54) is 42.4 Å². The summed E-state index contributed by atoms with van der Waals surface area (Å²) in [5, 5.41) is 7.52. The number of furan rings is 1. The predicted molar refractivity (Wildman–Crippen MR) is 134 cm³/mol. The largest absolute Gasteiger partial charge is 0.494 e. The number of nitrogens with zero attached hydrogens (tertiary/aromatic N) is 6. The van der Waals surface area contributed by atoms with Crippen LogP contribution in [0.4, 0.5) is 11.9 Å². The summed E-state index contributed by atoms with van der Waals surface area (Å²) >= 11 is 0. The van der Waals surface area contributed by atoms with Gasteiger partial charge in [-0.05, 0) is 88.0 Å². The lowest BCUT2D eigenvalue weighted by Gasteiger charge is -2.28. The number of nitrogens with one attached hydrogen (secondary N) is 1. The van der Waals surface area contributed by atoms with Crippen molar-refractivity contribution in [2.45, 2.75) is 32.1 Å². The number of fused-ring (bicyclic) bond motifs is 1. The van der Waals surface area contributed by atoms with E-state index in [0.29, 0.717) is 29.9 Å². The number of likely N-dealkylation sites (tertiary alicyclic amines) is 1. The molecule has 5 rings (SSSR count). The predicted octanol–water partition coefficient (Wildman–Crippen LogP) is 3.52. The molecule has 0 bridgehead atoms. The van der Waals surface area contributed by atoms with Crippen LogP contribution in [0.3, 0.4) is 0 Å². The molecule has 4 heterocycles. The summed E-state index contributed by atoms with van der Waals surface area (Å²) in [7, 11) is 2.21. The standard InChI is InChI=1S/C25H32N8O2/c1-32-14-11-18(12-15-32)4-2-16-34-20-8-6-19(7-9-20)10-13-27-24-29-23(26)33-25(30-24)28-22(31-33)21-5-3-17-35-21/h3,5-9,17-18H,2,4,10-16H2,1H3,(H3,26,27,28,29,30,31). The molecular formula is C25H32N8O2. The Morgan fingerprint density at radius 2 is 1.94 bits per heavy atom. The first-order valence-corrected chi connectivity index (χ1v) is 12.2. The smallest absolute Gasteiger partial charge is 0.259 e. The van der Waals surface area contributed by atoms with E-state index in [2.05, 4.69) is 49.4 Å². The van der Waals surface area contributed by atoms with Crippen LogP contribution in [0.1, 0.15) is 31.2 Å². The molecule has 0 saturated carbocycles. The van der Waals surface area contributed by atoms with Gasteiger partial charge in [-0.2, -0.15) is 19.5 Å². The number of hydrogen-bond acceptors (Lipinski definition) is 9. The minimum atomic E-state index is 0.208. The molecule has 10 nitrogen and oxygen atoms in total. The molecule has 35 heavy (non-hydrogen) atoms. The summed E-state index contributed by atoms with van der Waals surface area (Å²) in [5.74, 6) is 3.73. The first kappa shape index (κ1) is 23.1. The first-order valence-electron chi connectivity index (χ1n) is 12.2. The van der Waals surface area contributed by atoms with Crippen LogP contribution < -0.4 is 15.8 Å². The molecule has 0 unspecified atom stereocenters. The molecule has 1 aliphatic rings. The van der Waals surface area contributed by atoms with Gasteiger partial charge in [0.2, 0.25) is 17.7 Å². The van der Waals surface area contributed by atoms with Crippen molar-refractivity contribution in [2.75, 3.05) is 44.3 Å². The number of rotatable bonds is 10. The molecular weight excluding hydrogens is 444 g/mol. The van der Waals surface area contributed by atoms with Crippen LogP contribution in [0.15, 0.2) is 47.1 Å². The molecule has 3 N–H and O–H groups in total. The normalized spacial score (nSPS) is 15.0. The van der Waals surface area contributed by atoms with Crippen molar-refractivity contribution < 1.29 is 9.15 Å². The Bertz CT molecular complexity index is 1210. The monoisotopic (exact) mass is 476 g/mol. The lowest BCUT2D eigenvalue weighted by atomic mass is 9.93. The van der Waals surface area contributed by atoms with E-state index in [1.807, 2.05) is 12.1 Å². The first-order chi connectivity index (χ1) is 17.1. The number of ether oxygens (including phenoxy) is 1. The highest BCUT2D eigenvalue weighted by molar-refractivity contribution is 5.52. The van der Waals surface area contributed by atoms with Crippen molar-refractivity contribution in [3.8, 4) is 17.3 Å². The van der Waals surface area contributed by atoms with Crippen LogP contribution in [0, 0.1) is 5.92 Å². The lowest BCUT2D eigenvalue weighted by molar-refractivity contribution is 0.200. The highest BCUT2D eigenvalue weighted by atomic mass is 16.5. The quantitative estimate of drug-likeness (QED) is 0.331. The Balaban J connectivity index is 1.07.